The van der Waals surface area contributed by atoms with Crippen LogP contribution >= 0.6 is 0 Å². The van der Waals surface area contributed by atoms with Crippen LogP contribution in [0.25, 0.3) is 0 Å². The van der Waals surface area contributed by atoms with Gasteiger partial charge in [-0.25, -0.2) is 0 Å². The van der Waals surface area contributed by atoms with Crippen LogP contribution in [0.4, 0.5) is 5.69 Å². The molecule has 0 aromatic heterocycles. The lowest BCUT2D eigenvalue weighted by Gasteiger charge is -2.34. The fourth-order valence-electron chi connectivity index (χ4n) is 3.64. The number of rotatable bonds is 5. The van der Waals surface area contributed by atoms with Crippen molar-refractivity contribution < 1.29 is 9.59 Å². The number of piperazine rings is 1. The molecule has 3 rings (SSSR count). The summed E-state index contributed by atoms with van der Waals surface area (Å²) in [6.07, 6.45) is 2.27. The molecule has 2 fully saturated rings. The first-order chi connectivity index (χ1) is 12.5. The van der Waals surface area contributed by atoms with Crippen LogP contribution < -0.4 is 5.32 Å². The molecule has 0 aliphatic carbocycles. The van der Waals surface area contributed by atoms with Crippen molar-refractivity contribution in [1.29, 1.82) is 0 Å². The minimum atomic E-state index is 0.0280. The molecule has 1 aromatic rings. The number of hydrogen-bond acceptors (Lipinski definition) is 4. The highest BCUT2D eigenvalue weighted by Gasteiger charge is 2.24. The second kappa shape index (κ2) is 8.64. The van der Waals surface area contributed by atoms with E-state index in [4.69, 9.17) is 0 Å². The number of carbonyl (C=O) groups is 2. The smallest absolute Gasteiger partial charge is 0.238 e. The summed E-state index contributed by atoms with van der Waals surface area (Å²) in [5.41, 5.74) is 3.19. The van der Waals surface area contributed by atoms with E-state index in [-0.39, 0.29) is 11.8 Å². The fraction of sp³-hybridized carbons (Fsp3) is 0.600. The Hall–Kier alpha value is -1.92. The number of nitrogens with zero attached hydrogens (tertiary/aromatic N) is 3. The molecule has 2 aliphatic rings. The number of aryl methyl sites for hydroxylation is 1. The second-order valence-electron chi connectivity index (χ2n) is 7.44. The maximum absolute atomic E-state index is 12.4. The lowest BCUT2D eigenvalue weighted by molar-refractivity contribution is -0.132. The first kappa shape index (κ1) is 18.9. The summed E-state index contributed by atoms with van der Waals surface area (Å²) >= 11 is 0. The van der Waals surface area contributed by atoms with Gasteiger partial charge in [0, 0.05) is 45.0 Å². The molecule has 2 saturated heterocycles. The molecule has 0 spiro atoms. The number of nitrogens with one attached hydrogen (secondary N) is 1. The monoisotopic (exact) mass is 358 g/mol. The van der Waals surface area contributed by atoms with Crippen LogP contribution in [0.5, 0.6) is 0 Å². The van der Waals surface area contributed by atoms with Crippen molar-refractivity contribution in [2.24, 2.45) is 0 Å². The van der Waals surface area contributed by atoms with E-state index in [2.05, 4.69) is 15.1 Å². The van der Waals surface area contributed by atoms with Gasteiger partial charge >= 0.3 is 0 Å². The molecule has 6 heteroatoms. The van der Waals surface area contributed by atoms with E-state index >= 15 is 0 Å². The van der Waals surface area contributed by atoms with Gasteiger partial charge in [0.05, 0.1) is 13.1 Å². The zero-order valence-corrected chi connectivity index (χ0v) is 16.0. The number of hydrogen-bond donors (Lipinski definition) is 1. The molecule has 0 atom stereocenters. The first-order valence-corrected chi connectivity index (χ1v) is 9.61. The van der Waals surface area contributed by atoms with Crippen LogP contribution in [0.2, 0.25) is 0 Å². The van der Waals surface area contributed by atoms with Crippen LogP contribution in [-0.4, -0.2) is 78.9 Å². The molecule has 26 heavy (non-hydrogen) atoms. The molecule has 0 bridgehead atoms. The van der Waals surface area contributed by atoms with Gasteiger partial charge in [-0.1, -0.05) is 12.1 Å². The third kappa shape index (κ3) is 4.83. The summed E-state index contributed by atoms with van der Waals surface area (Å²) < 4.78 is 0. The largest absolute Gasteiger partial charge is 0.342 e. The van der Waals surface area contributed by atoms with E-state index in [1.807, 2.05) is 36.9 Å². The Balaban J connectivity index is 1.41. The van der Waals surface area contributed by atoms with Gasteiger partial charge in [0.25, 0.3) is 0 Å². The fourth-order valence-corrected chi connectivity index (χ4v) is 3.64. The van der Waals surface area contributed by atoms with Crippen LogP contribution in [0, 0.1) is 13.8 Å². The molecule has 2 aliphatic heterocycles. The lowest BCUT2D eigenvalue weighted by Crippen LogP contribution is -2.51. The zero-order chi connectivity index (χ0) is 18.5. The van der Waals surface area contributed by atoms with Crippen LogP contribution in [0.1, 0.15) is 24.0 Å². The van der Waals surface area contributed by atoms with Crippen molar-refractivity contribution in [2.45, 2.75) is 26.7 Å². The molecular weight excluding hydrogens is 328 g/mol. The summed E-state index contributed by atoms with van der Waals surface area (Å²) in [6, 6.07) is 5.96. The van der Waals surface area contributed by atoms with Crippen molar-refractivity contribution in [3.05, 3.63) is 29.3 Å². The van der Waals surface area contributed by atoms with Gasteiger partial charge < -0.3 is 10.2 Å². The molecule has 0 unspecified atom stereocenters. The molecule has 142 valence electrons. The zero-order valence-electron chi connectivity index (χ0n) is 16.0. The molecule has 0 saturated carbocycles. The SMILES string of the molecule is Cc1cccc(NC(=O)CN2CCN(CC(=O)N3CCCC3)CC2)c1C. The van der Waals surface area contributed by atoms with Gasteiger partial charge in [0.15, 0.2) is 0 Å². The summed E-state index contributed by atoms with van der Waals surface area (Å²) in [5, 5.41) is 3.02. The first-order valence-electron chi connectivity index (χ1n) is 9.61. The number of benzene rings is 1. The summed E-state index contributed by atoms with van der Waals surface area (Å²) in [7, 11) is 0. The van der Waals surface area contributed by atoms with Gasteiger partial charge in [0.1, 0.15) is 0 Å². The van der Waals surface area contributed by atoms with E-state index in [9.17, 15) is 9.59 Å². The predicted molar refractivity (Wildman–Crippen MR) is 103 cm³/mol. The van der Waals surface area contributed by atoms with Crippen LogP contribution in [-0.2, 0) is 9.59 Å². The molecule has 1 N–H and O–H groups in total. The molecule has 0 radical (unpaired) electrons. The Morgan fingerprint density at radius 3 is 2.19 bits per heavy atom. The summed E-state index contributed by atoms with van der Waals surface area (Å²) in [6.45, 7) is 10.2. The van der Waals surface area contributed by atoms with Gasteiger partial charge in [-0.3, -0.25) is 19.4 Å². The van der Waals surface area contributed by atoms with E-state index < -0.39 is 0 Å². The number of carbonyl (C=O) groups excluding carboxylic acids is 2. The normalized spacial score (nSPS) is 18.9. The number of likely N-dealkylation sites (tertiary alicyclic amines) is 1. The average molecular weight is 358 g/mol. The number of amides is 2. The molecule has 2 amide bonds. The predicted octanol–water partition coefficient (Wildman–Crippen LogP) is 1.48. The van der Waals surface area contributed by atoms with Gasteiger partial charge in [0.2, 0.25) is 11.8 Å². The van der Waals surface area contributed by atoms with Gasteiger partial charge in [-0.05, 0) is 43.9 Å². The average Bonchev–Trinajstić information content (AvgIpc) is 3.15. The van der Waals surface area contributed by atoms with Crippen molar-refractivity contribution in [1.82, 2.24) is 14.7 Å². The highest BCUT2D eigenvalue weighted by Crippen LogP contribution is 2.18. The van der Waals surface area contributed by atoms with Crippen molar-refractivity contribution in [2.75, 3.05) is 57.7 Å². The standard InChI is InChI=1S/C20H30N4O2/c1-16-6-5-7-18(17(16)2)21-19(25)14-22-10-12-23(13-11-22)15-20(26)24-8-3-4-9-24/h5-7H,3-4,8-15H2,1-2H3,(H,21,25). The van der Waals surface area contributed by atoms with Crippen molar-refractivity contribution >= 4 is 17.5 Å². The number of anilines is 1. The Kier molecular flexibility index (Phi) is 6.27. The maximum atomic E-state index is 12.4. The van der Waals surface area contributed by atoms with Gasteiger partial charge in [-0.2, -0.15) is 0 Å². The second-order valence-corrected chi connectivity index (χ2v) is 7.44. The van der Waals surface area contributed by atoms with Crippen LogP contribution in [0.15, 0.2) is 18.2 Å². The van der Waals surface area contributed by atoms with E-state index in [0.29, 0.717) is 13.1 Å². The maximum Gasteiger partial charge on any atom is 0.238 e. The molecule has 1 aromatic carbocycles. The lowest BCUT2D eigenvalue weighted by atomic mass is 10.1. The molecular formula is C20H30N4O2. The summed E-state index contributed by atoms with van der Waals surface area (Å²) in [5.74, 6) is 0.281. The minimum Gasteiger partial charge on any atom is -0.342 e. The molecule has 2 heterocycles. The summed E-state index contributed by atoms with van der Waals surface area (Å²) in [4.78, 5) is 30.9. The van der Waals surface area contributed by atoms with Crippen molar-refractivity contribution in [3.63, 3.8) is 0 Å². The highest BCUT2D eigenvalue weighted by molar-refractivity contribution is 5.93. The Labute approximate surface area is 156 Å². The van der Waals surface area contributed by atoms with Crippen LogP contribution in [0.3, 0.4) is 0 Å². The quantitative estimate of drug-likeness (QED) is 0.866. The third-order valence-electron chi connectivity index (χ3n) is 5.53. The topological polar surface area (TPSA) is 55.9 Å². The van der Waals surface area contributed by atoms with Gasteiger partial charge in [-0.15, -0.1) is 0 Å². The minimum absolute atomic E-state index is 0.0280. The Morgan fingerprint density at radius 1 is 0.923 bits per heavy atom. The van der Waals surface area contributed by atoms with E-state index in [0.717, 1.165) is 63.4 Å². The highest BCUT2D eigenvalue weighted by atomic mass is 16.2. The van der Waals surface area contributed by atoms with E-state index in [1.165, 1.54) is 5.56 Å². The van der Waals surface area contributed by atoms with Crippen molar-refractivity contribution in [3.8, 4) is 0 Å². The Morgan fingerprint density at radius 2 is 1.54 bits per heavy atom. The third-order valence-corrected chi connectivity index (χ3v) is 5.53. The molecule has 6 nitrogen and oxygen atoms in total. The van der Waals surface area contributed by atoms with E-state index in [1.54, 1.807) is 0 Å². The Bertz CT molecular complexity index is 647.